The van der Waals surface area contributed by atoms with Gasteiger partial charge in [-0.05, 0) is 44.0 Å². The van der Waals surface area contributed by atoms with Gasteiger partial charge in [0, 0.05) is 5.25 Å². The van der Waals surface area contributed by atoms with Crippen LogP contribution in [0.15, 0.2) is 18.2 Å². The molecule has 1 heterocycles. The van der Waals surface area contributed by atoms with Gasteiger partial charge in [0.25, 0.3) is 0 Å². The molecule has 2 unspecified atom stereocenters. The number of hydrogen-bond acceptors (Lipinski definition) is 4. The first kappa shape index (κ1) is 14.5. The first-order valence-corrected chi connectivity index (χ1v) is 7.58. The number of benzene rings is 1. The molecular formula is C15H23NO2S. The number of ether oxygens (including phenoxy) is 2. The molecule has 0 radical (unpaired) electrons. The molecule has 1 fully saturated rings. The van der Waals surface area contributed by atoms with Crippen LogP contribution < -0.4 is 14.8 Å². The van der Waals surface area contributed by atoms with Crippen LogP contribution in [0.2, 0.25) is 0 Å². The van der Waals surface area contributed by atoms with Crippen LogP contribution in [-0.4, -0.2) is 30.9 Å². The molecule has 106 valence electrons. The maximum absolute atomic E-state index is 5.37. The highest BCUT2D eigenvalue weighted by Crippen LogP contribution is 2.36. The number of hydrogen-bond donors (Lipinski definition) is 1. The van der Waals surface area contributed by atoms with E-state index in [-0.39, 0.29) is 4.87 Å². The molecule has 0 aromatic heterocycles. The third-order valence-electron chi connectivity index (χ3n) is 3.50. The molecule has 1 aliphatic heterocycles. The van der Waals surface area contributed by atoms with Crippen LogP contribution in [0.3, 0.4) is 0 Å². The summed E-state index contributed by atoms with van der Waals surface area (Å²) in [6, 6.07) is 6.17. The quantitative estimate of drug-likeness (QED) is 0.919. The van der Waals surface area contributed by atoms with Crippen LogP contribution in [0.1, 0.15) is 25.8 Å². The number of methoxy groups -OCH3 is 2. The van der Waals surface area contributed by atoms with E-state index in [1.54, 1.807) is 14.2 Å². The molecule has 0 saturated carbocycles. The van der Waals surface area contributed by atoms with Gasteiger partial charge in [0.1, 0.15) is 0 Å². The molecule has 1 aromatic carbocycles. The third kappa shape index (κ3) is 3.57. The van der Waals surface area contributed by atoms with Gasteiger partial charge in [-0.1, -0.05) is 13.0 Å². The van der Waals surface area contributed by atoms with Crippen LogP contribution in [0.5, 0.6) is 11.5 Å². The average Bonchev–Trinajstić information content (AvgIpc) is 2.37. The van der Waals surface area contributed by atoms with Crippen molar-refractivity contribution in [2.75, 3.05) is 20.8 Å². The number of rotatable bonds is 4. The van der Waals surface area contributed by atoms with E-state index in [0.717, 1.165) is 24.5 Å². The molecule has 2 rings (SSSR count). The van der Waals surface area contributed by atoms with Crippen LogP contribution in [0.25, 0.3) is 0 Å². The molecule has 2 atom stereocenters. The Labute approximate surface area is 120 Å². The molecule has 19 heavy (non-hydrogen) atoms. The fraction of sp³-hybridized carbons (Fsp3) is 0.600. The average molecular weight is 281 g/mol. The van der Waals surface area contributed by atoms with Gasteiger partial charge >= 0.3 is 0 Å². The van der Waals surface area contributed by atoms with Crippen LogP contribution in [0, 0.1) is 0 Å². The van der Waals surface area contributed by atoms with E-state index in [0.29, 0.717) is 5.25 Å². The molecule has 3 nitrogen and oxygen atoms in total. The molecule has 1 N–H and O–H groups in total. The maximum Gasteiger partial charge on any atom is 0.160 e. The Morgan fingerprint density at radius 1 is 1.32 bits per heavy atom. The summed E-state index contributed by atoms with van der Waals surface area (Å²) in [6.07, 6.45) is 2.23. The van der Waals surface area contributed by atoms with Crippen molar-refractivity contribution < 1.29 is 9.47 Å². The first-order chi connectivity index (χ1) is 9.06. The van der Waals surface area contributed by atoms with E-state index in [2.05, 4.69) is 31.3 Å². The summed E-state index contributed by atoms with van der Waals surface area (Å²) in [7, 11) is 3.35. The summed E-state index contributed by atoms with van der Waals surface area (Å²) in [5, 5.41) is 4.35. The Morgan fingerprint density at radius 2 is 2.05 bits per heavy atom. The van der Waals surface area contributed by atoms with Gasteiger partial charge in [0.15, 0.2) is 11.5 Å². The lowest BCUT2D eigenvalue weighted by molar-refractivity contribution is 0.354. The van der Waals surface area contributed by atoms with Crippen molar-refractivity contribution in [2.45, 2.75) is 36.8 Å². The maximum atomic E-state index is 5.37. The van der Waals surface area contributed by atoms with Gasteiger partial charge in [-0.3, -0.25) is 0 Å². The highest BCUT2D eigenvalue weighted by atomic mass is 32.2. The van der Waals surface area contributed by atoms with Crippen molar-refractivity contribution in [1.82, 2.24) is 5.32 Å². The van der Waals surface area contributed by atoms with Gasteiger partial charge in [-0.25, -0.2) is 0 Å². The SMILES string of the molecule is COc1ccc(CC2(C)NCCC(C)S2)cc1OC. The van der Waals surface area contributed by atoms with Gasteiger partial charge in [-0.2, -0.15) is 0 Å². The first-order valence-electron chi connectivity index (χ1n) is 6.70. The summed E-state index contributed by atoms with van der Waals surface area (Å²) in [6.45, 7) is 5.68. The molecule has 0 amide bonds. The number of thioether (sulfide) groups is 1. The van der Waals surface area contributed by atoms with Crippen molar-refractivity contribution >= 4 is 11.8 Å². The smallest absolute Gasteiger partial charge is 0.160 e. The molecule has 1 saturated heterocycles. The zero-order chi connectivity index (χ0) is 13.9. The molecule has 0 aliphatic carbocycles. The minimum atomic E-state index is 0.108. The summed E-state index contributed by atoms with van der Waals surface area (Å²) in [5.41, 5.74) is 1.27. The van der Waals surface area contributed by atoms with Crippen LogP contribution in [-0.2, 0) is 6.42 Å². The second-order valence-electron chi connectivity index (χ2n) is 5.24. The van der Waals surface area contributed by atoms with Crippen LogP contribution >= 0.6 is 11.8 Å². The van der Waals surface area contributed by atoms with Gasteiger partial charge in [-0.15, -0.1) is 11.8 Å². The summed E-state index contributed by atoms with van der Waals surface area (Å²) in [5.74, 6) is 1.59. The van der Waals surface area contributed by atoms with Crippen molar-refractivity contribution in [1.29, 1.82) is 0 Å². The highest BCUT2D eigenvalue weighted by molar-refractivity contribution is 8.01. The minimum absolute atomic E-state index is 0.108. The lowest BCUT2D eigenvalue weighted by Gasteiger charge is -2.38. The number of nitrogens with one attached hydrogen (secondary N) is 1. The lowest BCUT2D eigenvalue weighted by atomic mass is 10.1. The predicted molar refractivity (Wildman–Crippen MR) is 81.3 cm³/mol. The van der Waals surface area contributed by atoms with E-state index >= 15 is 0 Å². The summed E-state index contributed by atoms with van der Waals surface area (Å²) >= 11 is 2.02. The Kier molecular flexibility index (Phi) is 4.63. The fourth-order valence-electron chi connectivity index (χ4n) is 2.57. The van der Waals surface area contributed by atoms with Gasteiger partial charge < -0.3 is 14.8 Å². The van der Waals surface area contributed by atoms with E-state index < -0.39 is 0 Å². The van der Waals surface area contributed by atoms with Crippen LogP contribution in [0.4, 0.5) is 0 Å². The Bertz CT molecular complexity index is 438. The molecule has 1 aliphatic rings. The molecule has 0 spiro atoms. The van der Waals surface area contributed by atoms with E-state index in [9.17, 15) is 0 Å². The third-order valence-corrected chi connectivity index (χ3v) is 4.95. The molecule has 1 aromatic rings. The highest BCUT2D eigenvalue weighted by Gasteiger charge is 2.30. The molecule has 4 heteroatoms. The topological polar surface area (TPSA) is 30.5 Å². The second-order valence-corrected chi connectivity index (χ2v) is 7.18. The van der Waals surface area contributed by atoms with E-state index in [4.69, 9.17) is 9.47 Å². The minimum Gasteiger partial charge on any atom is -0.493 e. The Morgan fingerprint density at radius 3 is 2.68 bits per heavy atom. The Balaban J connectivity index is 2.14. The predicted octanol–water partition coefficient (Wildman–Crippen LogP) is 3.08. The standard InChI is InChI=1S/C15H23NO2S/c1-11-7-8-16-15(2,19-11)10-12-5-6-13(17-3)14(9-12)18-4/h5-6,9,11,16H,7-8,10H2,1-4H3. The van der Waals surface area contributed by atoms with Crippen molar-refractivity contribution in [3.63, 3.8) is 0 Å². The fourth-order valence-corrected chi connectivity index (χ4v) is 4.13. The monoisotopic (exact) mass is 281 g/mol. The van der Waals surface area contributed by atoms with Gasteiger partial charge in [0.05, 0.1) is 19.1 Å². The zero-order valence-electron chi connectivity index (χ0n) is 12.2. The summed E-state index contributed by atoms with van der Waals surface area (Å²) in [4.78, 5) is 0.108. The van der Waals surface area contributed by atoms with Crippen molar-refractivity contribution in [2.24, 2.45) is 0 Å². The lowest BCUT2D eigenvalue weighted by Crippen LogP contribution is -2.47. The normalized spacial score (nSPS) is 27.1. The molecular weight excluding hydrogens is 258 g/mol. The zero-order valence-corrected chi connectivity index (χ0v) is 13.0. The summed E-state index contributed by atoms with van der Waals surface area (Å²) < 4.78 is 10.6. The Hall–Kier alpha value is -0.870. The van der Waals surface area contributed by atoms with E-state index in [1.165, 1.54) is 12.0 Å². The van der Waals surface area contributed by atoms with E-state index in [1.807, 2.05) is 17.8 Å². The molecule has 0 bridgehead atoms. The van der Waals surface area contributed by atoms with Crippen molar-refractivity contribution in [3.8, 4) is 11.5 Å². The second kappa shape index (κ2) is 6.06. The largest absolute Gasteiger partial charge is 0.493 e. The van der Waals surface area contributed by atoms with Crippen molar-refractivity contribution in [3.05, 3.63) is 23.8 Å². The van der Waals surface area contributed by atoms with Gasteiger partial charge in [0.2, 0.25) is 0 Å².